The largest absolute Gasteiger partial charge is 0.478 e. The molecule has 0 saturated carbocycles. The van der Waals surface area contributed by atoms with E-state index in [1.165, 1.54) is 28.8 Å². The number of benzene rings is 2. The van der Waals surface area contributed by atoms with Crippen molar-refractivity contribution in [3.63, 3.8) is 0 Å². The predicted molar refractivity (Wildman–Crippen MR) is 123 cm³/mol. The first-order valence-electron chi connectivity index (χ1n) is 10.0. The van der Waals surface area contributed by atoms with Crippen LogP contribution in [0.15, 0.2) is 71.7 Å². The number of carbonyl (C=O) groups excluding carboxylic acids is 1. The molecule has 0 radical (unpaired) electrons. The number of aromatic nitrogens is 1. The lowest BCUT2D eigenvalue weighted by molar-refractivity contribution is -0.115. The summed E-state index contributed by atoms with van der Waals surface area (Å²) in [7, 11) is 0. The Kier molecular flexibility index (Phi) is 7.81. The molecule has 1 atom stereocenters. The number of carboxylic acid groups (broad SMARTS) is 1. The number of amides is 1. The van der Waals surface area contributed by atoms with Crippen LogP contribution in [0.5, 0.6) is 0 Å². The molecule has 1 amide bonds. The Hall–Kier alpha value is -3.42. The van der Waals surface area contributed by atoms with E-state index in [2.05, 4.69) is 5.32 Å². The first-order chi connectivity index (χ1) is 15.4. The van der Waals surface area contributed by atoms with Crippen LogP contribution in [-0.4, -0.2) is 33.5 Å². The van der Waals surface area contributed by atoms with Crippen LogP contribution in [0.2, 0.25) is 0 Å². The molecule has 0 fully saturated rings. The number of nitrogens with zero attached hydrogens (tertiary/aromatic N) is 1. The van der Waals surface area contributed by atoms with Gasteiger partial charge in [-0.1, -0.05) is 12.1 Å². The number of halogens is 1. The maximum atomic E-state index is 12.4. The zero-order valence-corrected chi connectivity index (χ0v) is 18.2. The van der Waals surface area contributed by atoms with Gasteiger partial charge in [0.1, 0.15) is 5.38 Å². The maximum Gasteiger partial charge on any atom is 0.335 e. The molecule has 0 aliphatic carbocycles. The lowest BCUT2D eigenvalue weighted by Crippen LogP contribution is -2.25. The van der Waals surface area contributed by atoms with Crippen LogP contribution in [0.3, 0.4) is 0 Å². The molecule has 0 saturated heterocycles. The van der Waals surface area contributed by atoms with Crippen molar-refractivity contribution in [1.82, 2.24) is 4.57 Å². The number of carboxylic acids is 1. The summed E-state index contributed by atoms with van der Waals surface area (Å²) in [6.45, 7) is 2.88. The normalized spacial score (nSPS) is 11.7. The highest BCUT2D eigenvalue weighted by Gasteiger charge is 2.16. The van der Waals surface area contributed by atoms with E-state index in [1.54, 1.807) is 24.4 Å². The highest BCUT2D eigenvalue weighted by Crippen LogP contribution is 2.15. The van der Waals surface area contributed by atoms with Gasteiger partial charge in [0.2, 0.25) is 5.91 Å². The van der Waals surface area contributed by atoms with Gasteiger partial charge in [-0.25, -0.2) is 4.79 Å². The number of carbonyl (C=O) groups is 2. The molecule has 0 bridgehead atoms. The van der Waals surface area contributed by atoms with Gasteiger partial charge in [0.25, 0.3) is 5.56 Å². The molecular formula is C24H23ClN2O5. The van der Waals surface area contributed by atoms with Crippen molar-refractivity contribution in [2.75, 3.05) is 11.9 Å². The number of hydrogen-bond acceptors (Lipinski definition) is 4. The highest BCUT2D eigenvalue weighted by molar-refractivity contribution is 6.32. The van der Waals surface area contributed by atoms with Crippen molar-refractivity contribution in [3.05, 3.63) is 93.9 Å². The van der Waals surface area contributed by atoms with E-state index < -0.39 is 11.3 Å². The van der Waals surface area contributed by atoms with Crippen LogP contribution < -0.4 is 10.9 Å². The molecule has 0 spiro atoms. The van der Waals surface area contributed by atoms with Gasteiger partial charge < -0.3 is 15.2 Å². The molecule has 1 aromatic heterocycles. The minimum atomic E-state index is -1.04. The standard InChI is InChI=1S/C24H23ClN2O5/c1-2-32-15-17-11-12-27(22(28)14-17)20-9-3-16(4-10-20)13-21(25)23(29)26-19-7-5-18(6-8-19)24(30)31/h3-12,14,21H,2,13,15H2,1H3,(H,26,29)(H,30,31). The molecule has 1 heterocycles. The van der Waals surface area contributed by atoms with Crippen molar-refractivity contribution in [1.29, 1.82) is 0 Å². The van der Waals surface area contributed by atoms with Crippen molar-refractivity contribution < 1.29 is 19.4 Å². The first kappa shape index (κ1) is 23.2. The second kappa shape index (κ2) is 10.7. The molecule has 0 aliphatic heterocycles. The molecule has 32 heavy (non-hydrogen) atoms. The monoisotopic (exact) mass is 454 g/mol. The number of pyridine rings is 1. The Morgan fingerprint density at radius 2 is 1.75 bits per heavy atom. The fourth-order valence-corrected chi connectivity index (χ4v) is 3.28. The Bertz CT molecular complexity index is 1140. The van der Waals surface area contributed by atoms with E-state index in [0.717, 1.165) is 11.1 Å². The summed E-state index contributed by atoms with van der Waals surface area (Å²) >= 11 is 6.27. The van der Waals surface area contributed by atoms with Gasteiger partial charge in [-0.2, -0.15) is 0 Å². The molecule has 2 N–H and O–H groups in total. The number of ether oxygens (including phenoxy) is 1. The molecule has 1 unspecified atom stereocenters. The van der Waals surface area contributed by atoms with Gasteiger partial charge in [-0.15, -0.1) is 11.6 Å². The molecule has 0 aliphatic rings. The zero-order valence-electron chi connectivity index (χ0n) is 17.5. The number of nitrogens with one attached hydrogen (secondary N) is 1. The summed E-state index contributed by atoms with van der Waals surface area (Å²) in [5.41, 5.74) is 2.81. The lowest BCUT2D eigenvalue weighted by atomic mass is 10.1. The quantitative estimate of drug-likeness (QED) is 0.478. The van der Waals surface area contributed by atoms with Gasteiger partial charge in [0.15, 0.2) is 0 Å². The highest BCUT2D eigenvalue weighted by atomic mass is 35.5. The minimum Gasteiger partial charge on any atom is -0.478 e. The van der Waals surface area contributed by atoms with E-state index in [4.69, 9.17) is 21.4 Å². The van der Waals surface area contributed by atoms with Gasteiger partial charge >= 0.3 is 5.97 Å². The number of hydrogen-bond donors (Lipinski definition) is 2. The SMILES string of the molecule is CCOCc1ccn(-c2ccc(CC(Cl)C(=O)Nc3ccc(C(=O)O)cc3)cc2)c(=O)c1. The topological polar surface area (TPSA) is 97.6 Å². The van der Waals surface area contributed by atoms with E-state index in [0.29, 0.717) is 31.0 Å². The van der Waals surface area contributed by atoms with Crippen LogP contribution in [0.4, 0.5) is 5.69 Å². The second-order valence-corrected chi connectivity index (χ2v) is 7.62. The molecule has 7 nitrogen and oxygen atoms in total. The van der Waals surface area contributed by atoms with Crippen molar-refractivity contribution in [3.8, 4) is 5.69 Å². The third kappa shape index (κ3) is 6.06. The lowest BCUT2D eigenvalue weighted by Gasteiger charge is -2.12. The summed E-state index contributed by atoms with van der Waals surface area (Å²) in [6, 6.07) is 16.5. The van der Waals surface area contributed by atoms with Crippen LogP contribution in [0.25, 0.3) is 5.69 Å². The summed E-state index contributed by atoms with van der Waals surface area (Å²) in [4.78, 5) is 35.6. The number of alkyl halides is 1. The van der Waals surface area contributed by atoms with Crippen molar-refractivity contribution in [2.45, 2.75) is 25.3 Å². The van der Waals surface area contributed by atoms with Crippen LogP contribution in [-0.2, 0) is 22.6 Å². The third-order valence-corrected chi connectivity index (χ3v) is 5.12. The Balaban J connectivity index is 1.61. The van der Waals surface area contributed by atoms with Gasteiger partial charge in [-0.05, 0) is 66.9 Å². The van der Waals surface area contributed by atoms with Gasteiger partial charge in [-0.3, -0.25) is 14.2 Å². The fourth-order valence-electron chi connectivity index (χ4n) is 3.05. The van der Waals surface area contributed by atoms with Gasteiger partial charge in [0, 0.05) is 30.2 Å². The molecule has 2 aromatic carbocycles. The zero-order chi connectivity index (χ0) is 23.1. The Labute approximate surface area is 190 Å². The average Bonchev–Trinajstić information content (AvgIpc) is 2.78. The summed E-state index contributed by atoms with van der Waals surface area (Å²) < 4.78 is 6.86. The van der Waals surface area contributed by atoms with E-state index >= 15 is 0 Å². The second-order valence-electron chi connectivity index (χ2n) is 7.09. The summed E-state index contributed by atoms with van der Waals surface area (Å²) in [6.07, 6.45) is 2.00. The molecule has 8 heteroatoms. The van der Waals surface area contributed by atoms with Gasteiger partial charge in [0.05, 0.1) is 12.2 Å². The third-order valence-electron chi connectivity index (χ3n) is 4.77. The summed E-state index contributed by atoms with van der Waals surface area (Å²) in [5.74, 6) is -1.43. The van der Waals surface area contributed by atoms with Crippen LogP contribution >= 0.6 is 11.6 Å². The smallest absolute Gasteiger partial charge is 0.335 e. The van der Waals surface area contributed by atoms with E-state index in [9.17, 15) is 14.4 Å². The first-order valence-corrected chi connectivity index (χ1v) is 10.5. The molecule has 3 rings (SSSR count). The number of anilines is 1. The summed E-state index contributed by atoms with van der Waals surface area (Å²) in [5, 5.41) is 10.8. The van der Waals surface area contributed by atoms with Crippen molar-refractivity contribution >= 4 is 29.2 Å². The fraction of sp³-hybridized carbons (Fsp3) is 0.208. The number of rotatable bonds is 9. The Morgan fingerprint density at radius 1 is 1.06 bits per heavy atom. The van der Waals surface area contributed by atoms with Crippen molar-refractivity contribution in [2.24, 2.45) is 0 Å². The van der Waals surface area contributed by atoms with E-state index in [1.807, 2.05) is 25.1 Å². The molecular weight excluding hydrogens is 432 g/mol. The van der Waals surface area contributed by atoms with E-state index in [-0.39, 0.29) is 17.0 Å². The molecule has 3 aromatic rings. The molecule has 166 valence electrons. The minimum absolute atomic E-state index is 0.133. The van der Waals surface area contributed by atoms with Crippen LogP contribution in [0, 0.1) is 0 Å². The maximum absolute atomic E-state index is 12.4. The average molecular weight is 455 g/mol. The van der Waals surface area contributed by atoms with Crippen LogP contribution in [0.1, 0.15) is 28.4 Å². The predicted octanol–water partition coefficient (Wildman–Crippen LogP) is 3.86. The Morgan fingerprint density at radius 3 is 2.34 bits per heavy atom. The number of aromatic carboxylic acids is 1.